The van der Waals surface area contributed by atoms with Crippen molar-refractivity contribution in [2.75, 3.05) is 13.2 Å². The Balaban J connectivity index is 4.64. The molecule has 0 aromatic carbocycles. The maximum absolute atomic E-state index is 11.2. The topological polar surface area (TPSA) is 124 Å². The van der Waals surface area contributed by atoms with E-state index in [1.807, 2.05) is 0 Å². The van der Waals surface area contributed by atoms with E-state index in [9.17, 15) is 14.7 Å². The summed E-state index contributed by atoms with van der Waals surface area (Å²) in [6, 6.07) is 0. The lowest BCUT2D eigenvalue weighted by Crippen LogP contribution is -2.47. The van der Waals surface area contributed by atoms with E-state index < -0.39 is 43.3 Å². The van der Waals surface area contributed by atoms with Crippen molar-refractivity contribution in [3.8, 4) is 0 Å². The summed E-state index contributed by atoms with van der Waals surface area (Å²) in [6.45, 7) is 0.00408. The number of esters is 1. The number of aliphatic hydroxyl groups is 4. The second-order valence-electron chi connectivity index (χ2n) is 3.53. The summed E-state index contributed by atoms with van der Waals surface area (Å²) >= 11 is 0. The first kappa shape index (κ1) is 16.0. The van der Waals surface area contributed by atoms with Crippen molar-refractivity contribution in [2.45, 2.75) is 38.1 Å². The third kappa shape index (κ3) is 5.22. The zero-order valence-electron chi connectivity index (χ0n) is 9.57. The zero-order chi connectivity index (χ0) is 13.4. The Hall–Kier alpha value is -1.02. The van der Waals surface area contributed by atoms with Crippen molar-refractivity contribution >= 4 is 11.8 Å². The van der Waals surface area contributed by atoms with E-state index in [-0.39, 0.29) is 6.42 Å². The number of Topliss-reactive ketones (excluding diaryl/α,β-unsaturated/α-hetero) is 1. The molecule has 0 fully saturated rings. The summed E-state index contributed by atoms with van der Waals surface area (Å²) in [4.78, 5) is 22.4. The molecule has 7 nitrogen and oxygen atoms in total. The summed E-state index contributed by atoms with van der Waals surface area (Å²) in [5.41, 5.74) is 0. The van der Waals surface area contributed by atoms with E-state index in [0.717, 1.165) is 0 Å². The van der Waals surface area contributed by atoms with Gasteiger partial charge in [0, 0.05) is 6.42 Å². The van der Waals surface area contributed by atoms with Crippen LogP contribution in [0.1, 0.15) is 19.8 Å². The highest BCUT2D eigenvalue weighted by molar-refractivity contribution is 5.87. The molecule has 0 rings (SSSR count). The first-order valence-electron chi connectivity index (χ1n) is 5.27. The van der Waals surface area contributed by atoms with Gasteiger partial charge in [0.25, 0.3) is 0 Å². The van der Waals surface area contributed by atoms with E-state index in [0.29, 0.717) is 6.42 Å². The lowest BCUT2D eigenvalue weighted by Gasteiger charge is -2.24. The fourth-order valence-electron chi connectivity index (χ4n) is 1.13. The van der Waals surface area contributed by atoms with Crippen LogP contribution in [0.15, 0.2) is 0 Å². The Morgan fingerprint density at radius 2 is 1.82 bits per heavy atom. The summed E-state index contributed by atoms with van der Waals surface area (Å²) in [6.07, 6.45) is -4.50. The minimum absolute atomic E-state index is 0.0527. The smallest absolute Gasteiger partial charge is 0.306 e. The largest absolute Gasteiger partial charge is 0.451 e. The summed E-state index contributed by atoms with van der Waals surface area (Å²) < 4.78 is 4.66. The van der Waals surface area contributed by atoms with E-state index in [4.69, 9.17) is 15.3 Å². The number of ether oxygens (including phenoxy) is 1. The minimum atomic E-state index is -1.76. The molecule has 100 valence electrons. The van der Waals surface area contributed by atoms with Gasteiger partial charge in [0.15, 0.2) is 6.10 Å². The Bertz CT molecular complexity index is 253. The molecule has 3 atom stereocenters. The molecule has 0 aliphatic carbocycles. The van der Waals surface area contributed by atoms with Crippen molar-refractivity contribution in [3.05, 3.63) is 0 Å². The molecule has 0 bridgehead atoms. The van der Waals surface area contributed by atoms with E-state index in [1.165, 1.54) is 0 Å². The van der Waals surface area contributed by atoms with Crippen molar-refractivity contribution < 1.29 is 34.8 Å². The van der Waals surface area contributed by atoms with E-state index in [2.05, 4.69) is 4.74 Å². The molecule has 0 aromatic heterocycles. The van der Waals surface area contributed by atoms with Crippen LogP contribution >= 0.6 is 0 Å². The van der Waals surface area contributed by atoms with Gasteiger partial charge < -0.3 is 25.2 Å². The number of hydrogen-bond donors (Lipinski definition) is 4. The van der Waals surface area contributed by atoms with Gasteiger partial charge in [0.1, 0.15) is 18.8 Å². The molecule has 0 heterocycles. The Morgan fingerprint density at radius 1 is 1.24 bits per heavy atom. The van der Waals surface area contributed by atoms with Crippen LogP contribution in [0.5, 0.6) is 0 Å². The van der Waals surface area contributed by atoms with Gasteiger partial charge in [-0.2, -0.15) is 0 Å². The average Bonchev–Trinajstić information content (AvgIpc) is 2.33. The van der Waals surface area contributed by atoms with Crippen LogP contribution in [0.25, 0.3) is 0 Å². The number of aliphatic hydroxyl groups excluding tert-OH is 4. The number of ketones is 1. The third-order valence-corrected chi connectivity index (χ3v) is 2.08. The molecular formula is C10H18O7. The highest BCUT2D eigenvalue weighted by atomic mass is 16.6. The second-order valence-corrected chi connectivity index (χ2v) is 3.53. The van der Waals surface area contributed by atoms with Gasteiger partial charge in [-0.3, -0.25) is 9.59 Å². The van der Waals surface area contributed by atoms with Gasteiger partial charge in [-0.1, -0.05) is 6.92 Å². The first-order valence-corrected chi connectivity index (χ1v) is 5.27. The van der Waals surface area contributed by atoms with Crippen LogP contribution < -0.4 is 0 Å². The highest BCUT2D eigenvalue weighted by Gasteiger charge is 2.34. The molecule has 0 aliphatic rings. The highest BCUT2D eigenvalue weighted by Crippen LogP contribution is 2.08. The van der Waals surface area contributed by atoms with Gasteiger partial charge in [-0.25, -0.2) is 0 Å². The van der Waals surface area contributed by atoms with Gasteiger partial charge >= 0.3 is 5.97 Å². The molecule has 0 aliphatic heterocycles. The standard InChI is InChI=1S/C10H18O7/c1-2-3-8(15)17-10(7(14)5-12)9(16)6(13)4-11/h6,9-13,16H,2-5H2,1H3/t6-,9-,10-/m1/s1. The second kappa shape index (κ2) is 8.13. The summed E-state index contributed by atoms with van der Waals surface area (Å²) in [7, 11) is 0. The monoisotopic (exact) mass is 250 g/mol. The van der Waals surface area contributed by atoms with Crippen LogP contribution in [0, 0.1) is 0 Å². The van der Waals surface area contributed by atoms with Crippen LogP contribution in [0.3, 0.4) is 0 Å². The molecule has 0 unspecified atom stereocenters. The Labute approximate surface area is 98.6 Å². The van der Waals surface area contributed by atoms with E-state index >= 15 is 0 Å². The van der Waals surface area contributed by atoms with Crippen LogP contribution in [0.2, 0.25) is 0 Å². The quantitative estimate of drug-likeness (QED) is 0.366. The summed E-state index contributed by atoms with van der Waals surface area (Å²) in [5, 5.41) is 35.9. The van der Waals surface area contributed by atoms with Crippen molar-refractivity contribution in [2.24, 2.45) is 0 Å². The van der Waals surface area contributed by atoms with Gasteiger partial charge in [0.05, 0.1) is 6.61 Å². The molecule has 7 heteroatoms. The Kier molecular flexibility index (Phi) is 7.64. The lowest BCUT2D eigenvalue weighted by atomic mass is 10.0. The molecular weight excluding hydrogens is 232 g/mol. The van der Waals surface area contributed by atoms with Gasteiger partial charge in [0.2, 0.25) is 5.78 Å². The molecule has 0 aromatic rings. The van der Waals surface area contributed by atoms with Crippen LogP contribution in [-0.4, -0.2) is 63.7 Å². The predicted molar refractivity (Wildman–Crippen MR) is 56.0 cm³/mol. The molecule has 0 radical (unpaired) electrons. The SMILES string of the molecule is CCCC(=O)O[C@H](C(=O)CO)[C@H](O)[C@H](O)CO. The maximum Gasteiger partial charge on any atom is 0.306 e. The Morgan fingerprint density at radius 3 is 2.24 bits per heavy atom. The van der Waals surface area contributed by atoms with Crippen LogP contribution in [-0.2, 0) is 14.3 Å². The molecule has 0 amide bonds. The number of rotatable bonds is 8. The minimum Gasteiger partial charge on any atom is -0.451 e. The van der Waals surface area contributed by atoms with Crippen molar-refractivity contribution in [1.82, 2.24) is 0 Å². The molecule has 0 spiro atoms. The zero-order valence-corrected chi connectivity index (χ0v) is 9.57. The fraction of sp³-hybridized carbons (Fsp3) is 0.800. The van der Waals surface area contributed by atoms with Crippen molar-refractivity contribution in [1.29, 1.82) is 0 Å². The third-order valence-electron chi connectivity index (χ3n) is 2.08. The van der Waals surface area contributed by atoms with E-state index in [1.54, 1.807) is 6.92 Å². The first-order chi connectivity index (χ1) is 7.97. The van der Waals surface area contributed by atoms with Crippen LogP contribution in [0.4, 0.5) is 0 Å². The number of carbonyl (C=O) groups excluding carboxylic acids is 2. The number of carbonyl (C=O) groups is 2. The normalized spacial score (nSPS) is 16.1. The van der Waals surface area contributed by atoms with Gasteiger partial charge in [-0.15, -0.1) is 0 Å². The molecule has 17 heavy (non-hydrogen) atoms. The molecule has 4 N–H and O–H groups in total. The molecule has 0 saturated heterocycles. The average molecular weight is 250 g/mol. The van der Waals surface area contributed by atoms with Gasteiger partial charge in [-0.05, 0) is 6.42 Å². The lowest BCUT2D eigenvalue weighted by molar-refractivity contribution is -0.169. The molecule has 0 saturated carbocycles. The fourth-order valence-corrected chi connectivity index (χ4v) is 1.13. The maximum atomic E-state index is 11.2. The summed E-state index contributed by atoms with van der Waals surface area (Å²) in [5.74, 6) is -1.65. The number of hydrogen-bond acceptors (Lipinski definition) is 7. The van der Waals surface area contributed by atoms with Crippen molar-refractivity contribution in [3.63, 3.8) is 0 Å². The predicted octanol–water partition coefficient (Wildman–Crippen LogP) is -2.03.